The van der Waals surface area contributed by atoms with Crippen LogP contribution in [0.5, 0.6) is 0 Å². The summed E-state index contributed by atoms with van der Waals surface area (Å²) in [5, 5.41) is 15.4. The topological polar surface area (TPSA) is 168 Å². The van der Waals surface area contributed by atoms with Crippen LogP contribution in [0.1, 0.15) is 75.4 Å². The molecule has 268 valence electrons. The molecule has 49 heavy (non-hydrogen) atoms. The number of amides is 3. The van der Waals surface area contributed by atoms with E-state index in [2.05, 4.69) is 30.3 Å². The average Bonchev–Trinajstić information content (AvgIpc) is 2.99. The quantitative estimate of drug-likeness (QED) is 0.0928. The third kappa shape index (κ3) is 13.9. The standard InChI is InChI=1S/C36H51N3O9Si/c1-9-26-22-25(23-28(38-24(2)40)32(42)37-19-13-12-16-31(41)47-20-21-49(6,7)8)17-18-29(26)39(33(43)35(46)48-36(3,4)5)30-15-11-10-14-27(30)34(44)45/h10-11,14-15,17-18,22,28H,9,12-13,16,19-21,23H2,1-8H3,(H,37,42)(H,38,40)(H,44,45). The van der Waals surface area contributed by atoms with Gasteiger partial charge in [0.05, 0.1) is 23.5 Å². The molecular weight excluding hydrogens is 646 g/mol. The summed E-state index contributed by atoms with van der Waals surface area (Å²) in [5.74, 6) is -4.55. The second-order valence-electron chi connectivity index (χ2n) is 14.0. The van der Waals surface area contributed by atoms with Crippen LogP contribution in [0.15, 0.2) is 42.5 Å². The van der Waals surface area contributed by atoms with Gasteiger partial charge in [-0.05, 0) is 75.4 Å². The van der Waals surface area contributed by atoms with E-state index in [1.807, 2.05) is 6.92 Å². The molecule has 1 unspecified atom stereocenters. The van der Waals surface area contributed by atoms with Crippen LogP contribution in [-0.2, 0) is 46.3 Å². The van der Waals surface area contributed by atoms with E-state index in [0.717, 1.165) is 10.9 Å². The molecule has 1 atom stereocenters. The highest BCUT2D eigenvalue weighted by molar-refractivity contribution is 6.76. The van der Waals surface area contributed by atoms with Crippen molar-refractivity contribution in [2.24, 2.45) is 0 Å². The maximum Gasteiger partial charge on any atom is 0.398 e. The monoisotopic (exact) mass is 697 g/mol. The van der Waals surface area contributed by atoms with Gasteiger partial charge >= 0.3 is 23.8 Å². The van der Waals surface area contributed by atoms with E-state index < -0.39 is 49.4 Å². The molecule has 0 aliphatic rings. The van der Waals surface area contributed by atoms with Crippen LogP contribution >= 0.6 is 0 Å². The number of aryl methyl sites for hydroxylation is 1. The molecule has 0 bridgehead atoms. The Bertz CT molecular complexity index is 1510. The maximum absolute atomic E-state index is 13.6. The number of carboxylic acids is 1. The Kier molecular flexibility index (Phi) is 15.2. The lowest BCUT2D eigenvalue weighted by Gasteiger charge is -2.28. The van der Waals surface area contributed by atoms with Gasteiger partial charge in [-0.3, -0.25) is 24.1 Å². The molecule has 0 aliphatic carbocycles. The van der Waals surface area contributed by atoms with Crippen LogP contribution in [0, 0.1) is 0 Å². The first-order chi connectivity index (χ1) is 22.8. The molecule has 2 rings (SSSR count). The Morgan fingerprint density at radius 1 is 0.959 bits per heavy atom. The molecule has 0 fully saturated rings. The van der Waals surface area contributed by atoms with Gasteiger partial charge in [-0.1, -0.05) is 50.8 Å². The summed E-state index contributed by atoms with van der Waals surface area (Å²) < 4.78 is 10.7. The summed E-state index contributed by atoms with van der Waals surface area (Å²) >= 11 is 0. The SMILES string of the molecule is CCc1cc(CC(NC(C)=O)C(=O)NCCCCC(=O)OCC[Si](C)(C)C)ccc1N(C(=O)C(=O)OC(C)(C)C)c1ccccc1C(=O)O. The van der Waals surface area contributed by atoms with Gasteiger partial charge in [-0.2, -0.15) is 0 Å². The summed E-state index contributed by atoms with van der Waals surface area (Å²) in [5.41, 5.74) is 0.353. The number of hydrogen-bond acceptors (Lipinski definition) is 8. The molecule has 0 aliphatic heterocycles. The van der Waals surface area contributed by atoms with Gasteiger partial charge in [0, 0.05) is 34.4 Å². The van der Waals surface area contributed by atoms with Gasteiger partial charge in [0.15, 0.2) is 0 Å². The number of anilines is 2. The van der Waals surface area contributed by atoms with E-state index in [9.17, 15) is 33.9 Å². The van der Waals surface area contributed by atoms with Crippen LogP contribution in [0.4, 0.5) is 11.4 Å². The molecule has 12 nitrogen and oxygen atoms in total. The van der Waals surface area contributed by atoms with E-state index in [-0.39, 0.29) is 35.7 Å². The van der Waals surface area contributed by atoms with Gasteiger partial charge in [-0.15, -0.1) is 0 Å². The van der Waals surface area contributed by atoms with Crippen molar-refractivity contribution in [3.05, 3.63) is 59.2 Å². The first-order valence-electron chi connectivity index (χ1n) is 16.5. The zero-order chi connectivity index (χ0) is 36.9. The second-order valence-corrected chi connectivity index (χ2v) is 19.6. The molecule has 0 heterocycles. The number of carbonyl (C=O) groups is 6. The minimum atomic E-state index is -1.29. The summed E-state index contributed by atoms with van der Waals surface area (Å²) in [6.07, 6.45) is 1.85. The number of nitrogens with zero attached hydrogens (tertiary/aromatic N) is 1. The lowest BCUT2D eigenvalue weighted by atomic mass is 9.99. The number of rotatable bonds is 16. The molecule has 3 amide bonds. The summed E-state index contributed by atoms with van der Waals surface area (Å²) in [6, 6.07) is 10.8. The number of nitrogens with one attached hydrogen (secondary N) is 2. The van der Waals surface area contributed by atoms with Crippen LogP contribution in [0.2, 0.25) is 25.7 Å². The summed E-state index contributed by atoms with van der Waals surface area (Å²) in [4.78, 5) is 77.0. The van der Waals surface area contributed by atoms with Crippen molar-refractivity contribution in [3.8, 4) is 0 Å². The number of esters is 2. The Hall–Kier alpha value is -4.52. The lowest BCUT2D eigenvalue weighted by molar-refractivity contribution is -0.162. The zero-order valence-electron chi connectivity index (χ0n) is 29.9. The van der Waals surface area contributed by atoms with Crippen molar-refractivity contribution in [3.63, 3.8) is 0 Å². The first-order valence-corrected chi connectivity index (χ1v) is 20.3. The minimum Gasteiger partial charge on any atom is -0.478 e. The zero-order valence-corrected chi connectivity index (χ0v) is 30.9. The van der Waals surface area contributed by atoms with Crippen molar-refractivity contribution in [1.29, 1.82) is 0 Å². The number of unbranched alkanes of at least 4 members (excludes halogenated alkanes) is 1. The molecule has 0 spiro atoms. The number of carbonyl (C=O) groups excluding carboxylic acids is 5. The maximum atomic E-state index is 13.6. The number of benzene rings is 2. The minimum absolute atomic E-state index is 0.0105. The fourth-order valence-electron chi connectivity index (χ4n) is 4.84. The Labute approximate surface area is 289 Å². The molecule has 0 radical (unpaired) electrons. The van der Waals surface area contributed by atoms with E-state index in [4.69, 9.17) is 9.47 Å². The van der Waals surface area contributed by atoms with Crippen LogP contribution in [-0.4, -0.2) is 73.6 Å². The number of ether oxygens (including phenoxy) is 2. The molecule has 2 aromatic rings. The highest BCUT2D eigenvalue weighted by Gasteiger charge is 2.33. The summed E-state index contributed by atoms with van der Waals surface area (Å²) in [6.45, 7) is 15.4. The van der Waals surface area contributed by atoms with Crippen molar-refractivity contribution in [2.75, 3.05) is 18.1 Å². The Morgan fingerprint density at radius 3 is 2.22 bits per heavy atom. The van der Waals surface area contributed by atoms with E-state index in [0.29, 0.717) is 43.5 Å². The molecule has 2 aromatic carbocycles. The molecule has 3 N–H and O–H groups in total. The molecule has 0 saturated heterocycles. The fourth-order valence-corrected chi connectivity index (χ4v) is 5.56. The number of hydrogen-bond donors (Lipinski definition) is 3. The normalized spacial score (nSPS) is 12.0. The molecule has 13 heteroatoms. The third-order valence-corrected chi connectivity index (χ3v) is 8.98. The van der Waals surface area contributed by atoms with Gasteiger partial charge in [0.1, 0.15) is 11.6 Å². The average molecular weight is 698 g/mol. The van der Waals surface area contributed by atoms with E-state index >= 15 is 0 Å². The van der Waals surface area contributed by atoms with Gasteiger partial charge in [0.25, 0.3) is 0 Å². The third-order valence-electron chi connectivity index (χ3n) is 7.27. The molecular formula is C36H51N3O9Si. The number of aromatic carboxylic acids is 1. The number of para-hydroxylation sites is 1. The van der Waals surface area contributed by atoms with E-state index in [1.54, 1.807) is 45.0 Å². The van der Waals surface area contributed by atoms with Crippen molar-refractivity contribution >= 4 is 55.1 Å². The van der Waals surface area contributed by atoms with Crippen LogP contribution < -0.4 is 15.5 Å². The number of carboxylic acid groups (broad SMARTS) is 1. The highest BCUT2D eigenvalue weighted by Crippen LogP contribution is 2.33. The fraction of sp³-hybridized carbons (Fsp3) is 0.500. The van der Waals surface area contributed by atoms with Crippen molar-refractivity contribution in [2.45, 2.75) is 104 Å². The van der Waals surface area contributed by atoms with Crippen LogP contribution in [0.25, 0.3) is 0 Å². The van der Waals surface area contributed by atoms with Gasteiger partial charge in [-0.25, -0.2) is 9.59 Å². The van der Waals surface area contributed by atoms with Gasteiger partial charge in [0.2, 0.25) is 11.8 Å². The Morgan fingerprint density at radius 2 is 1.63 bits per heavy atom. The molecule has 0 saturated carbocycles. The van der Waals surface area contributed by atoms with Gasteiger partial charge < -0.3 is 25.2 Å². The van der Waals surface area contributed by atoms with Crippen molar-refractivity contribution < 1.29 is 43.3 Å². The first kappa shape index (κ1) is 40.7. The predicted molar refractivity (Wildman–Crippen MR) is 189 cm³/mol. The lowest BCUT2D eigenvalue weighted by Crippen LogP contribution is -2.47. The van der Waals surface area contributed by atoms with E-state index in [1.165, 1.54) is 25.1 Å². The smallest absolute Gasteiger partial charge is 0.398 e. The summed E-state index contributed by atoms with van der Waals surface area (Å²) in [7, 11) is -1.29. The van der Waals surface area contributed by atoms with Crippen LogP contribution in [0.3, 0.4) is 0 Å². The molecule has 0 aromatic heterocycles. The largest absolute Gasteiger partial charge is 0.478 e. The predicted octanol–water partition coefficient (Wildman–Crippen LogP) is 5.17. The van der Waals surface area contributed by atoms with Crippen molar-refractivity contribution in [1.82, 2.24) is 10.6 Å². The Balaban J connectivity index is 2.26. The second kappa shape index (κ2) is 18.3. The highest BCUT2D eigenvalue weighted by atomic mass is 28.3.